The summed E-state index contributed by atoms with van der Waals surface area (Å²) in [6, 6.07) is 13.9. The molecule has 146 valence electrons. The van der Waals surface area contributed by atoms with Crippen molar-refractivity contribution in [2.45, 2.75) is 32.9 Å². The van der Waals surface area contributed by atoms with Crippen molar-refractivity contribution in [1.29, 1.82) is 0 Å². The molecule has 0 radical (unpaired) electrons. The average molecular weight is 382 g/mol. The molecule has 0 saturated heterocycles. The van der Waals surface area contributed by atoms with Crippen LogP contribution in [0, 0.1) is 0 Å². The number of rotatable bonds is 6. The highest BCUT2D eigenvalue weighted by molar-refractivity contribution is 6.09. The first kappa shape index (κ1) is 20.8. The van der Waals surface area contributed by atoms with Gasteiger partial charge in [-0.05, 0) is 32.9 Å². The molecule has 7 nitrogen and oxygen atoms in total. The van der Waals surface area contributed by atoms with Crippen LogP contribution in [0.3, 0.4) is 0 Å². The molecule has 0 unspecified atom stereocenters. The van der Waals surface area contributed by atoms with E-state index in [1.807, 2.05) is 6.07 Å². The van der Waals surface area contributed by atoms with E-state index in [0.717, 1.165) is 0 Å². The Labute approximate surface area is 163 Å². The maximum Gasteiger partial charge on any atom is 0.338 e. The highest BCUT2D eigenvalue weighted by Crippen LogP contribution is 2.12. The lowest BCUT2D eigenvalue weighted by Crippen LogP contribution is -2.46. The molecule has 1 atom stereocenters. The SMILES string of the molecule is CC(C)NC(=O)NC(=O)[C@H](C)OC(=O)c1ccc(C(=O)c2ccccc2)cc1. The molecule has 0 spiro atoms. The number of urea groups is 1. The molecule has 0 aliphatic heterocycles. The fourth-order valence-corrected chi connectivity index (χ4v) is 2.31. The molecule has 7 heteroatoms. The number of imide groups is 1. The predicted molar refractivity (Wildman–Crippen MR) is 103 cm³/mol. The Balaban J connectivity index is 1.96. The van der Waals surface area contributed by atoms with Gasteiger partial charge in [0.1, 0.15) is 0 Å². The molecule has 28 heavy (non-hydrogen) atoms. The summed E-state index contributed by atoms with van der Waals surface area (Å²) < 4.78 is 5.07. The Morgan fingerprint density at radius 3 is 1.89 bits per heavy atom. The van der Waals surface area contributed by atoms with Gasteiger partial charge >= 0.3 is 12.0 Å². The Morgan fingerprint density at radius 1 is 0.786 bits per heavy atom. The van der Waals surface area contributed by atoms with E-state index in [2.05, 4.69) is 10.6 Å². The first-order chi connectivity index (χ1) is 13.3. The van der Waals surface area contributed by atoms with Crippen molar-refractivity contribution in [2.24, 2.45) is 0 Å². The van der Waals surface area contributed by atoms with E-state index < -0.39 is 24.0 Å². The van der Waals surface area contributed by atoms with E-state index in [0.29, 0.717) is 11.1 Å². The van der Waals surface area contributed by atoms with Crippen LogP contribution in [0.5, 0.6) is 0 Å². The zero-order chi connectivity index (χ0) is 20.7. The van der Waals surface area contributed by atoms with Crippen molar-refractivity contribution in [3.63, 3.8) is 0 Å². The maximum atomic E-state index is 12.4. The zero-order valence-corrected chi connectivity index (χ0v) is 15.9. The summed E-state index contributed by atoms with van der Waals surface area (Å²) in [5, 5.41) is 4.60. The second-order valence-corrected chi connectivity index (χ2v) is 6.44. The van der Waals surface area contributed by atoms with Gasteiger partial charge in [0.25, 0.3) is 5.91 Å². The summed E-state index contributed by atoms with van der Waals surface area (Å²) in [7, 11) is 0. The van der Waals surface area contributed by atoms with Crippen molar-refractivity contribution >= 4 is 23.7 Å². The van der Waals surface area contributed by atoms with Gasteiger partial charge in [-0.25, -0.2) is 9.59 Å². The van der Waals surface area contributed by atoms with Gasteiger partial charge in [-0.1, -0.05) is 42.5 Å². The number of amides is 3. The van der Waals surface area contributed by atoms with Crippen LogP contribution in [0.15, 0.2) is 54.6 Å². The fourth-order valence-electron chi connectivity index (χ4n) is 2.31. The van der Waals surface area contributed by atoms with E-state index in [-0.39, 0.29) is 17.4 Å². The molecule has 0 aliphatic rings. The minimum absolute atomic E-state index is 0.136. The molecule has 0 aliphatic carbocycles. The number of esters is 1. The molecule has 2 aromatic rings. The van der Waals surface area contributed by atoms with Crippen molar-refractivity contribution in [1.82, 2.24) is 10.6 Å². The zero-order valence-electron chi connectivity index (χ0n) is 15.9. The summed E-state index contributed by atoms with van der Waals surface area (Å²) in [6.07, 6.45) is -1.16. The summed E-state index contributed by atoms with van der Waals surface area (Å²) in [4.78, 5) is 48.0. The van der Waals surface area contributed by atoms with Gasteiger partial charge in [0.05, 0.1) is 5.56 Å². The average Bonchev–Trinajstić information content (AvgIpc) is 2.67. The molecule has 3 amide bonds. The smallest absolute Gasteiger partial charge is 0.338 e. The van der Waals surface area contributed by atoms with Gasteiger partial charge in [0, 0.05) is 17.2 Å². The van der Waals surface area contributed by atoms with Gasteiger partial charge in [-0.15, -0.1) is 0 Å². The van der Waals surface area contributed by atoms with Crippen LogP contribution in [0.25, 0.3) is 0 Å². The molecule has 0 fully saturated rings. The Kier molecular flexibility index (Phi) is 7.03. The number of carbonyl (C=O) groups excluding carboxylic acids is 4. The van der Waals surface area contributed by atoms with E-state index in [1.165, 1.54) is 31.2 Å². The van der Waals surface area contributed by atoms with Gasteiger partial charge in [-0.2, -0.15) is 0 Å². The number of ketones is 1. The third kappa shape index (κ3) is 5.77. The van der Waals surface area contributed by atoms with Crippen LogP contribution in [-0.2, 0) is 9.53 Å². The minimum atomic E-state index is -1.16. The van der Waals surface area contributed by atoms with Gasteiger partial charge in [-0.3, -0.25) is 14.9 Å². The first-order valence-electron chi connectivity index (χ1n) is 8.80. The molecule has 2 N–H and O–H groups in total. The van der Waals surface area contributed by atoms with Crippen LogP contribution >= 0.6 is 0 Å². The van der Waals surface area contributed by atoms with E-state index in [4.69, 9.17) is 4.74 Å². The number of hydrogen-bond donors (Lipinski definition) is 2. The summed E-state index contributed by atoms with van der Waals surface area (Å²) >= 11 is 0. The maximum absolute atomic E-state index is 12.4. The fraction of sp³-hybridized carbons (Fsp3) is 0.238. The van der Waals surface area contributed by atoms with Crippen molar-refractivity contribution < 1.29 is 23.9 Å². The topological polar surface area (TPSA) is 102 Å². The van der Waals surface area contributed by atoms with Gasteiger partial charge in [0.15, 0.2) is 11.9 Å². The van der Waals surface area contributed by atoms with Crippen LogP contribution in [0.2, 0.25) is 0 Å². The number of benzene rings is 2. The number of ether oxygens (including phenoxy) is 1. The standard InChI is InChI=1S/C21H22N2O5/c1-13(2)22-21(27)23-19(25)14(3)28-20(26)17-11-9-16(10-12-17)18(24)15-7-5-4-6-8-15/h4-14H,1-3H3,(H2,22,23,25,27)/t14-/m0/s1. The predicted octanol–water partition coefficient (Wildman–Crippen LogP) is 2.70. The third-order valence-electron chi connectivity index (χ3n) is 3.73. The largest absolute Gasteiger partial charge is 0.449 e. The lowest BCUT2D eigenvalue weighted by atomic mass is 10.0. The normalized spacial score (nSPS) is 11.4. The number of nitrogens with one attached hydrogen (secondary N) is 2. The second kappa shape index (κ2) is 9.45. The summed E-state index contributed by atoms with van der Waals surface area (Å²) in [5.74, 6) is -1.63. The lowest BCUT2D eigenvalue weighted by Gasteiger charge is -2.14. The van der Waals surface area contributed by atoms with Crippen LogP contribution < -0.4 is 10.6 Å². The molecule has 0 saturated carbocycles. The lowest BCUT2D eigenvalue weighted by molar-refractivity contribution is -0.127. The number of carbonyl (C=O) groups is 4. The quantitative estimate of drug-likeness (QED) is 0.591. The van der Waals surface area contributed by atoms with Gasteiger partial charge in [0.2, 0.25) is 0 Å². The Hall–Kier alpha value is -3.48. The molecule has 2 aromatic carbocycles. The van der Waals surface area contributed by atoms with E-state index in [1.54, 1.807) is 38.1 Å². The molecular weight excluding hydrogens is 360 g/mol. The van der Waals surface area contributed by atoms with E-state index in [9.17, 15) is 19.2 Å². The second-order valence-electron chi connectivity index (χ2n) is 6.44. The Bertz CT molecular complexity index is 860. The molecule has 0 aromatic heterocycles. The summed E-state index contributed by atoms with van der Waals surface area (Å²) in [6.45, 7) is 4.86. The van der Waals surface area contributed by atoms with Crippen molar-refractivity contribution in [2.75, 3.05) is 0 Å². The summed E-state index contributed by atoms with van der Waals surface area (Å²) in [5.41, 5.74) is 1.16. The minimum Gasteiger partial charge on any atom is -0.449 e. The van der Waals surface area contributed by atoms with E-state index >= 15 is 0 Å². The third-order valence-corrected chi connectivity index (χ3v) is 3.73. The van der Waals surface area contributed by atoms with Crippen LogP contribution in [0.1, 0.15) is 47.1 Å². The molecule has 0 heterocycles. The molecule has 2 rings (SSSR count). The van der Waals surface area contributed by atoms with Crippen LogP contribution in [0.4, 0.5) is 4.79 Å². The highest BCUT2D eigenvalue weighted by Gasteiger charge is 2.21. The van der Waals surface area contributed by atoms with Crippen LogP contribution in [-0.4, -0.2) is 35.8 Å². The van der Waals surface area contributed by atoms with Crippen molar-refractivity contribution in [3.05, 3.63) is 71.3 Å². The monoisotopic (exact) mass is 382 g/mol. The Morgan fingerprint density at radius 2 is 1.32 bits per heavy atom. The van der Waals surface area contributed by atoms with Gasteiger partial charge < -0.3 is 10.1 Å². The number of hydrogen-bond acceptors (Lipinski definition) is 5. The molecular formula is C21H22N2O5. The first-order valence-corrected chi connectivity index (χ1v) is 8.80. The highest BCUT2D eigenvalue weighted by atomic mass is 16.5. The molecule has 0 bridgehead atoms. The van der Waals surface area contributed by atoms with Crippen molar-refractivity contribution in [3.8, 4) is 0 Å².